The average molecular weight is 312 g/mol. The summed E-state index contributed by atoms with van der Waals surface area (Å²) < 4.78 is 43.7. The van der Waals surface area contributed by atoms with Crippen LogP contribution in [0.25, 0.3) is 0 Å². The van der Waals surface area contributed by atoms with Crippen LogP contribution in [0.5, 0.6) is 0 Å². The van der Waals surface area contributed by atoms with Crippen molar-refractivity contribution in [1.29, 1.82) is 0 Å². The third-order valence-corrected chi connectivity index (χ3v) is 10.4. The maximum Gasteiger partial charge on any atom is 0.389 e. The molecule has 1 unspecified atom stereocenters. The first kappa shape index (κ1) is 20.0. The molecule has 0 aromatic heterocycles. The van der Waals surface area contributed by atoms with E-state index in [9.17, 15) is 13.2 Å². The van der Waals surface area contributed by atoms with Crippen LogP contribution >= 0.6 is 0 Å². The molecule has 0 saturated carbocycles. The number of hydrogen-bond acceptors (Lipinski definition) is 1. The third-order valence-electron chi connectivity index (χ3n) is 4.28. The van der Waals surface area contributed by atoms with Crippen molar-refractivity contribution in [3.05, 3.63) is 0 Å². The SMILES string of the molecule is CCC(CCC(F)(F)F)O[Si](C(C)C)(C(C)C)C(C)C. The van der Waals surface area contributed by atoms with Gasteiger partial charge in [-0.1, -0.05) is 48.5 Å². The Bertz CT molecular complexity index is 253. The van der Waals surface area contributed by atoms with Gasteiger partial charge in [0, 0.05) is 12.5 Å². The molecule has 0 saturated heterocycles. The van der Waals surface area contributed by atoms with Crippen LogP contribution in [0.1, 0.15) is 67.7 Å². The minimum absolute atomic E-state index is 0.0842. The summed E-state index contributed by atoms with van der Waals surface area (Å²) in [5.74, 6) is 0. The van der Waals surface area contributed by atoms with Gasteiger partial charge in [0.05, 0.1) is 0 Å². The molecular formula is C15H31F3OSi. The zero-order valence-electron chi connectivity index (χ0n) is 14.0. The molecular weight excluding hydrogens is 281 g/mol. The van der Waals surface area contributed by atoms with Crippen LogP contribution in [0.2, 0.25) is 16.6 Å². The highest BCUT2D eigenvalue weighted by molar-refractivity contribution is 6.77. The Morgan fingerprint density at radius 1 is 0.900 bits per heavy atom. The van der Waals surface area contributed by atoms with E-state index in [4.69, 9.17) is 4.43 Å². The minimum atomic E-state index is -4.09. The monoisotopic (exact) mass is 312 g/mol. The topological polar surface area (TPSA) is 9.23 Å². The Hall–Kier alpha value is -0.0331. The van der Waals surface area contributed by atoms with Crippen molar-refractivity contribution in [3.8, 4) is 0 Å². The van der Waals surface area contributed by atoms with Crippen molar-refractivity contribution in [2.75, 3.05) is 0 Å². The van der Waals surface area contributed by atoms with Gasteiger partial charge in [0.15, 0.2) is 0 Å². The van der Waals surface area contributed by atoms with Gasteiger partial charge in [-0.2, -0.15) is 13.2 Å². The fourth-order valence-corrected chi connectivity index (χ4v) is 9.05. The summed E-state index contributed by atoms with van der Waals surface area (Å²) in [6, 6.07) is 0. The molecule has 0 aromatic rings. The van der Waals surface area contributed by atoms with Gasteiger partial charge in [-0.05, 0) is 29.5 Å². The molecule has 0 amide bonds. The lowest BCUT2D eigenvalue weighted by atomic mass is 10.1. The highest BCUT2D eigenvalue weighted by Crippen LogP contribution is 2.43. The van der Waals surface area contributed by atoms with Crippen molar-refractivity contribution >= 4 is 8.32 Å². The molecule has 0 rings (SSSR count). The molecule has 20 heavy (non-hydrogen) atoms. The maximum absolute atomic E-state index is 12.4. The molecule has 0 spiro atoms. The lowest BCUT2D eigenvalue weighted by Gasteiger charge is -2.44. The van der Waals surface area contributed by atoms with E-state index in [0.29, 0.717) is 23.0 Å². The van der Waals surface area contributed by atoms with Gasteiger partial charge in [-0.15, -0.1) is 0 Å². The van der Waals surface area contributed by atoms with Crippen LogP contribution in [0, 0.1) is 0 Å². The Morgan fingerprint density at radius 3 is 1.55 bits per heavy atom. The molecule has 0 aliphatic rings. The number of alkyl halides is 3. The van der Waals surface area contributed by atoms with Gasteiger partial charge in [-0.25, -0.2) is 0 Å². The third kappa shape index (κ3) is 5.39. The number of halogens is 3. The molecule has 0 aliphatic carbocycles. The normalized spacial score (nSPS) is 15.4. The second kappa shape index (κ2) is 7.83. The highest BCUT2D eigenvalue weighted by Gasteiger charge is 2.46. The molecule has 0 bridgehead atoms. The summed E-state index contributed by atoms with van der Waals surface area (Å²) in [5, 5.41) is 0. The van der Waals surface area contributed by atoms with Gasteiger partial charge < -0.3 is 4.43 Å². The molecule has 0 fully saturated rings. The lowest BCUT2D eigenvalue weighted by Crippen LogP contribution is -2.50. The van der Waals surface area contributed by atoms with Crippen LogP contribution in [0.4, 0.5) is 13.2 Å². The van der Waals surface area contributed by atoms with Crippen LogP contribution in [0.15, 0.2) is 0 Å². The Balaban J connectivity index is 5.02. The maximum atomic E-state index is 12.4. The predicted molar refractivity (Wildman–Crippen MR) is 81.5 cm³/mol. The van der Waals surface area contributed by atoms with E-state index in [-0.39, 0.29) is 12.5 Å². The summed E-state index contributed by atoms with van der Waals surface area (Å²) in [7, 11) is -2.08. The average Bonchev–Trinajstić information content (AvgIpc) is 2.26. The number of hydrogen-bond donors (Lipinski definition) is 0. The number of rotatable bonds is 8. The van der Waals surface area contributed by atoms with Gasteiger partial charge in [0.25, 0.3) is 0 Å². The van der Waals surface area contributed by atoms with E-state index >= 15 is 0 Å². The fraction of sp³-hybridized carbons (Fsp3) is 1.00. The summed E-state index contributed by atoms with van der Waals surface area (Å²) >= 11 is 0. The molecule has 1 nitrogen and oxygen atoms in total. The zero-order valence-corrected chi connectivity index (χ0v) is 15.0. The Kier molecular flexibility index (Phi) is 7.82. The summed E-state index contributed by atoms with van der Waals surface area (Å²) in [6.07, 6.45) is -4.37. The molecule has 1 atom stereocenters. The first-order valence-corrected chi connectivity index (χ1v) is 9.85. The van der Waals surface area contributed by atoms with E-state index in [1.807, 2.05) is 6.92 Å². The van der Waals surface area contributed by atoms with Crippen molar-refractivity contribution < 1.29 is 17.6 Å². The van der Waals surface area contributed by atoms with Gasteiger partial charge in [-0.3, -0.25) is 0 Å². The molecule has 122 valence electrons. The predicted octanol–water partition coefficient (Wildman–Crippen LogP) is 6.30. The molecule has 5 heteroatoms. The van der Waals surface area contributed by atoms with E-state index in [2.05, 4.69) is 41.5 Å². The van der Waals surface area contributed by atoms with E-state index in [1.165, 1.54) is 0 Å². The van der Waals surface area contributed by atoms with Crippen LogP contribution in [-0.2, 0) is 4.43 Å². The molecule has 0 radical (unpaired) electrons. The molecule has 0 heterocycles. The van der Waals surface area contributed by atoms with Crippen LogP contribution in [-0.4, -0.2) is 20.6 Å². The van der Waals surface area contributed by atoms with Crippen molar-refractivity contribution in [1.82, 2.24) is 0 Å². The van der Waals surface area contributed by atoms with Crippen LogP contribution in [0.3, 0.4) is 0 Å². The van der Waals surface area contributed by atoms with Crippen molar-refractivity contribution in [2.45, 2.75) is 96.6 Å². The first-order valence-electron chi connectivity index (χ1n) is 7.71. The van der Waals surface area contributed by atoms with Crippen LogP contribution < -0.4 is 0 Å². The highest BCUT2D eigenvalue weighted by atomic mass is 28.4. The first-order chi connectivity index (χ1) is 8.97. The second-order valence-corrected chi connectivity index (χ2v) is 12.0. The lowest BCUT2D eigenvalue weighted by molar-refractivity contribution is -0.139. The summed E-state index contributed by atoms with van der Waals surface area (Å²) in [5.41, 5.74) is 1.22. The zero-order chi connectivity index (χ0) is 16.1. The van der Waals surface area contributed by atoms with Gasteiger partial charge >= 0.3 is 6.18 Å². The fourth-order valence-electron chi connectivity index (χ4n) is 3.37. The summed E-state index contributed by atoms with van der Waals surface area (Å²) in [4.78, 5) is 0. The van der Waals surface area contributed by atoms with Crippen molar-refractivity contribution in [3.63, 3.8) is 0 Å². The Labute approximate surface area is 123 Å². The van der Waals surface area contributed by atoms with E-state index in [1.54, 1.807) is 0 Å². The molecule has 0 N–H and O–H groups in total. The second-order valence-electron chi connectivity index (χ2n) is 6.62. The van der Waals surface area contributed by atoms with E-state index < -0.39 is 20.9 Å². The van der Waals surface area contributed by atoms with Gasteiger partial charge in [0.2, 0.25) is 8.32 Å². The largest absolute Gasteiger partial charge is 0.413 e. The summed E-state index contributed by atoms with van der Waals surface area (Å²) in [6.45, 7) is 14.9. The molecule has 0 aromatic carbocycles. The molecule has 0 aliphatic heterocycles. The Morgan fingerprint density at radius 2 is 1.30 bits per heavy atom. The van der Waals surface area contributed by atoms with Gasteiger partial charge in [0.1, 0.15) is 0 Å². The standard InChI is InChI=1S/C15H31F3OSi/c1-8-14(9-10-15(16,17)18)19-20(11(2)3,12(4)5)13(6)7/h11-14H,8-10H2,1-7H3. The van der Waals surface area contributed by atoms with Crippen molar-refractivity contribution in [2.24, 2.45) is 0 Å². The smallest absolute Gasteiger partial charge is 0.389 e. The van der Waals surface area contributed by atoms with E-state index in [0.717, 1.165) is 0 Å². The minimum Gasteiger partial charge on any atom is -0.413 e. The quantitative estimate of drug-likeness (QED) is 0.478.